The first-order valence-electron chi connectivity index (χ1n) is 2.51. The number of hydrogen-bond acceptors (Lipinski definition) is 7. The molecule has 2 atom stereocenters. The van der Waals surface area contributed by atoms with Crippen LogP contribution in [0.15, 0.2) is 12.8 Å². The maximum absolute atomic E-state index is 10.5. The average molecular weight is 271 g/mol. The molecule has 2 unspecified atom stereocenters. The maximum atomic E-state index is 10.5. The summed E-state index contributed by atoms with van der Waals surface area (Å²) in [4.78, 5) is 30.5. The minimum atomic E-state index is -5.60. The molecule has 7 nitrogen and oxygen atoms in total. The van der Waals surface area contributed by atoms with Crippen LogP contribution >= 0.6 is 15.2 Å². The molecule has 0 fully saturated rings. The molecule has 0 aliphatic heterocycles. The molecule has 10 heteroatoms. The molecular weight excluding hydrogens is 266 g/mol. The van der Waals surface area contributed by atoms with Crippen molar-refractivity contribution >= 4 is 15.2 Å². The molecule has 0 spiro atoms. The van der Waals surface area contributed by atoms with Crippen LogP contribution in [-0.4, -0.2) is 10.7 Å². The van der Waals surface area contributed by atoms with E-state index in [0.717, 1.165) is 0 Å². The number of aliphatic hydroxyl groups is 1. The molecule has 1 radical (unpaired) electrons. The van der Waals surface area contributed by atoms with Crippen LogP contribution in [0.25, 0.3) is 0 Å². The SMILES string of the molecule is C=COP(=O)([O-])C(O)P(=O)([O-])[O-].[Fe+3]. The zero-order valence-corrected chi connectivity index (χ0v) is 8.90. The largest absolute Gasteiger partial charge is 3.00 e. The van der Waals surface area contributed by atoms with Crippen molar-refractivity contribution in [2.24, 2.45) is 0 Å². The van der Waals surface area contributed by atoms with Gasteiger partial charge in [0, 0.05) is 0 Å². The molecular formula is C3H5FeO7P2. The van der Waals surface area contributed by atoms with E-state index in [1.807, 2.05) is 0 Å². The van der Waals surface area contributed by atoms with E-state index in [1.54, 1.807) is 0 Å². The van der Waals surface area contributed by atoms with E-state index >= 15 is 0 Å². The molecule has 1 N–H and O–H groups in total. The van der Waals surface area contributed by atoms with Crippen molar-refractivity contribution in [1.29, 1.82) is 0 Å². The summed E-state index contributed by atoms with van der Waals surface area (Å²) in [5, 5.41) is 8.41. The Balaban J connectivity index is 0. The van der Waals surface area contributed by atoms with E-state index in [0.29, 0.717) is 6.26 Å². The topological polar surface area (TPSA) is 133 Å². The average Bonchev–Trinajstić information content (AvgIpc) is 1.84. The van der Waals surface area contributed by atoms with E-state index in [4.69, 9.17) is 5.11 Å². The van der Waals surface area contributed by atoms with Crippen LogP contribution in [0.1, 0.15) is 0 Å². The molecule has 0 saturated carbocycles. The van der Waals surface area contributed by atoms with Crippen molar-refractivity contribution in [3.8, 4) is 0 Å². The van der Waals surface area contributed by atoms with Crippen molar-refractivity contribution in [1.82, 2.24) is 0 Å². The third-order valence-corrected chi connectivity index (χ3v) is 4.06. The van der Waals surface area contributed by atoms with Gasteiger partial charge in [0.2, 0.25) is 7.60 Å². The van der Waals surface area contributed by atoms with Crippen LogP contribution < -0.4 is 14.7 Å². The van der Waals surface area contributed by atoms with Crippen LogP contribution in [0.4, 0.5) is 0 Å². The summed E-state index contributed by atoms with van der Waals surface area (Å²) in [6, 6.07) is 0. The summed E-state index contributed by atoms with van der Waals surface area (Å²) >= 11 is 0. The Hall–Kier alpha value is 0.359. The molecule has 13 heavy (non-hydrogen) atoms. The third kappa shape index (κ3) is 4.96. The first-order chi connectivity index (χ1) is 5.22. The Morgan fingerprint density at radius 2 is 1.77 bits per heavy atom. The van der Waals surface area contributed by atoms with E-state index in [2.05, 4.69) is 11.1 Å². The molecule has 0 heterocycles. The van der Waals surface area contributed by atoms with Gasteiger partial charge >= 0.3 is 17.1 Å². The van der Waals surface area contributed by atoms with Crippen LogP contribution in [0.5, 0.6) is 0 Å². The van der Waals surface area contributed by atoms with Crippen LogP contribution in [0, 0.1) is 0 Å². The molecule has 77 valence electrons. The Bertz CT molecular complexity index is 258. The quantitative estimate of drug-likeness (QED) is 0.351. The van der Waals surface area contributed by atoms with Crippen molar-refractivity contribution < 1.29 is 50.5 Å². The minimum Gasteiger partial charge on any atom is -0.809 e. The second-order valence-corrected chi connectivity index (χ2v) is 5.45. The fourth-order valence-corrected chi connectivity index (χ4v) is 2.20. The minimum absolute atomic E-state index is 0. The van der Waals surface area contributed by atoms with Gasteiger partial charge in [0.25, 0.3) is 0 Å². The molecule has 0 bridgehead atoms. The number of rotatable bonds is 4. The first kappa shape index (κ1) is 15.8. The third-order valence-electron chi connectivity index (χ3n) is 0.787. The Labute approximate surface area is 84.6 Å². The van der Waals surface area contributed by atoms with Crippen molar-refractivity contribution in [3.05, 3.63) is 12.8 Å². The molecule has 0 aromatic heterocycles. The van der Waals surface area contributed by atoms with Crippen LogP contribution in [-0.2, 0) is 30.7 Å². The van der Waals surface area contributed by atoms with E-state index in [9.17, 15) is 23.8 Å². The van der Waals surface area contributed by atoms with Gasteiger partial charge in [-0.3, -0.25) is 4.57 Å². The van der Waals surface area contributed by atoms with E-state index in [1.165, 1.54) is 0 Å². The van der Waals surface area contributed by atoms with Gasteiger partial charge in [-0.1, -0.05) is 6.58 Å². The van der Waals surface area contributed by atoms with Gasteiger partial charge in [0.1, 0.15) is 0 Å². The van der Waals surface area contributed by atoms with Gasteiger partial charge in [-0.25, -0.2) is 0 Å². The molecule has 0 saturated heterocycles. The molecule has 0 aromatic rings. The van der Waals surface area contributed by atoms with Crippen LogP contribution in [0.3, 0.4) is 0 Å². The normalized spacial score (nSPS) is 17.8. The van der Waals surface area contributed by atoms with E-state index in [-0.39, 0.29) is 17.1 Å². The number of aliphatic hydroxyl groups excluding tert-OH is 1. The van der Waals surface area contributed by atoms with Gasteiger partial charge in [-0.15, -0.1) is 0 Å². The first-order valence-corrected chi connectivity index (χ1v) is 5.74. The zero-order chi connectivity index (χ0) is 9.99. The summed E-state index contributed by atoms with van der Waals surface area (Å²) in [7, 11) is -10.7. The Kier molecular flexibility index (Phi) is 6.44. The van der Waals surface area contributed by atoms with E-state index < -0.39 is 20.8 Å². The standard InChI is InChI=1S/C3H8O7P2.Fe/c1-2-10-12(8,9)3(4)11(5,6)7;/h2-4H,1H2,(H,8,9)(H2,5,6,7);/q;+3/p-3. The summed E-state index contributed by atoms with van der Waals surface area (Å²) in [5.74, 6) is 0. The monoisotopic (exact) mass is 271 g/mol. The van der Waals surface area contributed by atoms with Gasteiger partial charge in [0.05, 0.1) is 6.26 Å². The predicted octanol–water partition coefficient (Wildman–Crippen LogP) is -2.11. The van der Waals surface area contributed by atoms with Crippen molar-refractivity contribution in [2.75, 3.05) is 0 Å². The van der Waals surface area contributed by atoms with Crippen molar-refractivity contribution in [3.63, 3.8) is 0 Å². The molecule has 0 amide bonds. The summed E-state index contributed by atoms with van der Waals surface area (Å²) < 4.78 is 24.1. The Morgan fingerprint density at radius 3 is 2.00 bits per heavy atom. The van der Waals surface area contributed by atoms with Crippen molar-refractivity contribution in [2.45, 2.75) is 5.59 Å². The summed E-state index contributed by atoms with van der Waals surface area (Å²) in [6.07, 6.45) is 0.395. The zero-order valence-electron chi connectivity index (χ0n) is 6.01. The number of hydrogen-bond donors (Lipinski definition) is 1. The van der Waals surface area contributed by atoms with Gasteiger partial charge < -0.3 is 28.9 Å². The Morgan fingerprint density at radius 1 is 1.38 bits per heavy atom. The molecule has 0 aliphatic rings. The summed E-state index contributed by atoms with van der Waals surface area (Å²) in [6.45, 7) is 2.81. The molecule has 0 rings (SSSR count). The van der Waals surface area contributed by atoms with Crippen LogP contribution in [0.2, 0.25) is 0 Å². The summed E-state index contributed by atoms with van der Waals surface area (Å²) in [5.41, 5.74) is -3.07. The smallest absolute Gasteiger partial charge is 0.809 e. The predicted molar refractivity (Wildman–Crippen MR) is 32.5 cm³/mol. The van der Waals surface area contributed by atoms with Gasteiger partial charge in [0.15, 0.2) is 5.59 Å². The second kappa shape index (κ2) is 5.29. The second-order valence-electron chi connectivity index (χ2n) is 1.70. The molecule has 0 aromatic carbocycles. The van der Waals surface area contributed by atoms with Gasteiger partial charge in [-0.05, 0) is 7.60 Å². The maximum Gasteiger partial charge on any atom is 3.00 e. The fourth-order valence-electron chi connectivity index (χ4n) is 0.332. The molecule has 0 aliphatic carbocycles. The van der Waals surface area contributed by atoms with Gasteiger partial charge in [-0.2, -0.15) is 0 Å². The fraction of sp³-hybridized carbons (Fsp3) is 0.333.